The van der Waals surface area contributed by atoms with Crippen LogP contribution in [0.3, 0.4) is 0 Å². The van der Waals surface area contributed by atoms with Crippen molar-refractivity contribution in [2.24, 2.45) is 7.05 Å². The number of aromatic nitrogens is 3. The average molecular weight is 197 g/mol. The summed E-state index contributed by atoms with van der Waals surface area (Å²) >= 11 is 0. The molecule has 0 spiro atoms. The zero-order chi connectivity index (χ0) is 10.1. The molecule has 5 nitrogen and oxygen atoms in total. The second-order valence-electron chi connectivity index (χ2n) is 3.85. The van der Waals surface area contributed by atoms with E-state index in [0.29, 0.717) is 12.6 Å². The summed E-state index contributed by atoms with van der Waals surface area (Å²) in [6.45, 7) is 2.63. The quantitative estimate of drug-likeness (QED) is 0.678. The number of nitrogens with zero attached hydrogens (tertiary/aromatic N) is 3. The SMILES string of the molecule is CC1CCC(Cn2ncn(C)c2=O)O1. The number of hydrogen-bond donors (Lipinski definition) is 0. The van der Waals surface area contributed by atoms with Crippen molar-refractivity contribution in [1.29, 1.82) is 0 Å². The second kappa shape index (κ2) is 3.57. The van der Waals surface area contributed by atoms with Gasteiger partial charge in [0.25, 0.3) is 0 Å². The molecular formula is C9H15N3O2. The van der Waals surface area contributed by atoms with E-state index >= 15 is 0 Å². The Morgan fingerprint density at radius 1 is 1.64 bits per heavy atom. The van der Waals surface area contributed by atoms with Crippen LogP contribution in [0.5, 0.6) is 0 Å². The van der Waals surface area contributed by atoms with E-state index in [4.69, 9.17) is 4.74 Å². The molecule has 14 heavy (non-hydrogen) atoms. The molecule has 1 aromatic heterocycles. The Morgan fingerprint density at radius 3 is 2.93 bits per heavy atom. The van der Waals surface area contributed by atoms with Crippen molar-refractivity contribution < 1.29 is 4.74 Å². The Kier molecular flexibility index (Phi) is 2.41. The maximum atomic E-state index is 11.4. The van der Waals surface area contributed by atoms with Crippen LogP contribution in [0.4, 0.5) is 0 Å². The maximum Gasteiger partial charge on any atom is 0.345 e. The monoisotopic (exact) mass is 197 g/mol. The van der Waals surface area contributed by atoms with Gasteiger partial charge in [-0.2, -0.15) is 5.10 Å². The molecule has 2 atom stereocenters. The normalized spacial score (nSPS) is 27.0. The van der Waals surface area contributed by atoms with Gasteiger partial charge in [-0.15, -0.1) is 0 Å². The van der Waals surface area contributed by atoms with Gasteiger partial charge < -0.3 is 4.74 Å². The Morgan fingerprint density at radius 2 is 2.43 bits per heavy atom. The van der Waals surface area contributed by atoms with Crippen molar-refractivity contribution in [3.05, 3.63) is 16.8 Å². The van der Waals surface area contributed by atoms with Gasteiger partial charge >= 0.3 is 5.69 Å². The van der Waals surface area contributed by atoms with E-state index in [1.807, 2.05) is 0 Å². The highest BCUT2D eigenvalue weighted by Crippen LogP contribution is 2.19. The van der Waals surface area contributed by atoms with Gasteiger partial charge in [0.2, 0.25) is 0 Å². The van der Waals surface area contributed by atoms with Crippen LogP contribution in [0.1, 0.15) is 19.8 Å². The minimum absolute atomic E-state index is 0.0758. The third-order valence-corrected chi connectivity index (χ3v) is 2.58. The Bertz CT molecular complexity index is 368. The number of ether oxygens (including phenoxy) is 1. The van der Waals surface area contributed by atoms with Crippen molar-refractivity contribution >= 4 is 0 Å². The summed E-state index contributed by atoms with van der Waals surface area (Å²) in [6, 6.07) is 0. The topological polar surface area (TPSA) is 49.0 Å². The second-order valence-corrected chi connectivity index (χ2v) is 3.85. The van der Waals surface area contributed by atoms with E-state index in [0.717, 1.165) is 12.8 Å². The van der Waals surface area contributed by atoms with Crippen LogP contribution in [0, 0.1) is 0 Å². The van der Waals surface area contributed by atoms with E-state index in [-0.39, 0.29) is 11.8 Å². The van der Waals surface area contributed by atoms with Crippen molar-refractivity contribution in [2.75, 3.05) is 0 Å². The number of aryl methyl sites for hydroxylation is 1. The van der Waals surface area contributed by atoms with E-state index in [9.17, 15) is 4.79 Å². The predicted molar refractivity (Wildman–Crippen MR) is 51.0 cm³/mol. The molecule has 0 aliphatic carbocycles. The highest BCUT2D eigenvalue weighted by atomic mass is 16.5. The van der Waals surface area contributed by atoms with Gasteiger partial charge in [0.1, 0.15) is 6.33 Å². The Balaban J connectivity index is 2.04. The van der Waals surface area contributed by atoms with Crippen molar-refractivity contribution in [1.82, 2.24) is 14.3 Å². The fraction of sp³-hybridized carbons (Fsp3) is 0.778. The van der Waals surface area contributed by atoms with Crippen LogP contribution in [0.25, 0.3) is 0 Å². The van der Waals surface area contributed by atoms with Gasteiger partial charge in [-0.05, 0) is 19.8 Å². The molecule has 1 aliphatic rings. The lowest BCUT2D eigenvalue weighted by Gasteiger charge is -2.09. The van der Waals surface area contributed by atoms with Gasteiger partial charge in [-0.25, -0.2) is 9.48 Å². The van der Waals surface area contributed by atoms with E-state index in [1.54, 1.807) is 7.05 Å². The summed E-state index contributed by atoms with van der Waals surface area (Å²) in [6.07, 6.45) is 4.09. The van der Waals surface area contributed by atoms with Crippen molar-refractivity contribution in [3.63, 3.8) is 0 Å². The molecule has 0 radical (unpaired) electrons. The summed E-state index contributed by atoms with van der Waals surface area (Å²) in [4.78, 5) is 11.4. The summed E-state index contributed by atoms with van der Waals surface area (Å²) in [5.41, 5.74) is -0.0758. The lowest BCUT2D eigenvalue weighted by Crippen LogP contribution is -2.28. The first kappa shape index (κ1) is 9.45. The standard InChI is InChI=1S/C9H15N3O2/c1-7-3-4-8(14-7)5-12-9(13)11(2)6-10-12/h6-8H,3-5H2,1-2H3. The molecule has 1 aromatic rings. The highest BCUT2D eigenvalue weighted by molar-refractivity contribution is 4.73. The Hall–Kier alpha value is -1.10. The van der Waals surface area contributed by atoms with Crippen LogP contribution in [-0.4, -0.2) is 26.6 Å². The molecule has 0 saturated carbocycles. The summed E-state index contributed by atoms with van der Waals surface area (Å²) in [5, 5.41) is 3.99. The van der Waals surface area contributed by atoms with Crippen LogP contribution in [0.15, 0.2) is 11.1 Å². The lowest BCUT2D eigenvalue weighted by molar-refractivity contribution is 0.0429. The third-order valence-electron chi connectivity index (χ3n) is 2.58. The number of rotatable bonds is 2. The molecule has 2 rings (SSSR count). The molecule has 1 aliphatic heterocycles. The molecule has 0 aromatic carbocycles. The van der Waals surface area contributed by atoms with Crippen molar-refractivity contribution in [3.8, 4) is 0 Å². The fourth-order valence-corrected chi connectivity index (χ4v) is 1.76. The zero-order valence-electron chi connectivity index (χ0n) is 8.51. The molecule has 78 valence electrons. The molecular weight excluding hydrogens is 182 g/mol. The first-order valence-electron chi connectivity index (χ1n) is 4.90. The molecule has 0 amide bonds. The van der Waals surface area contributed by atoms with Crippen LogP contribution < -0.4 is 5.69 Å². The van der Waals surface area contributed by atoms with Gasteiger partial charge in [0.15, 0.2) is 0 Å². The van der Waals surface area contributed by atoms with E-state index in [1.165, 1.54) is 15.6 Å². The van der Waals surface area contributed by atoms with Crippen molar-refractivity contribution in [2.45, 2.75) is 38.5 Å². The predicted octanol–water partition coefficient (Wildman–Crippen LogP) is 0.149. The van der Waals surface area contributed by atoms with Gasteiger partial charge in [-0.3, -0.25) is 4.57 Å². The zero-order valence-corrected chi connectivity index (χ0v) is 8.51. The van der Waals surface area contributed by atoms with Gasteiger partial charge in [-0.1, -0.05) is 0 Å². The van der Waals surface area contributed by atoms with Crippen LogP contribution in [-0.2, 0) is 18.3 Å². The summed E-state index contributed by atoms with van der Waals surface area (Å²) in [5.74, 6) is 0. The molecule has 0 bridgehead atoms. The first-order chi connectivity index (χ1) is 6.66. The molecule has 2 heterocycles. The van der Waals surface area contributed by atoms with Crippen LogP contribution >= 0.6 is 0 Å². The molecule has 2 unspecified atom stereocenters. The largest absolute Gasteiger partial charge is 0.373 e. The molecule has 1 saturated heterocycles. The van der Waals surface area contributed by atoms with Gasteiger partial charge in [0, 0.05) is 7.05 Å². The van der Waals surface area contributed by atoms with Crippen LogP contribution in [0.2, 0.25) is 0 Å². The van der Waals surface area contributed by atoms with Gasteiger partial charge in [0.05, 0.1) is 18.8 Å². The smallest absolute Gasteiger partial charge is 0.345 e. The maximum absolute atomic E-state index is 11.4. The van der Waals surface area contributed by atoms with E-state index < -0.39 is 0 Å². The minimum Gasteiger partial charge on any atom is -0.373 e. The Labute approximate surface area is 82.3 Å². The summed E-state index contributed by atoms with van der Waals surface area (Å²) < 4.78 is 8.55. The third kappa shape index (κ3) is 1.72. The fourth-order valence-electron chi connectivity index (χ4n) is 1.76. The number of hydrogen-bond acceptors (Lipinski definition) is 3. The van der Waals surface area contributed by atoms with E-state index in [2.05, 4.69) is 12.0 Å². The molecule has 0 N–H and O–H groups in total. The minimum atomic E-state index is -0.0758. The lowest BCUT2D eigenvalue weighted by atomic mass is 10.2. The average Bonchev–Trinajstić information content (AvgIpc) is 2.67. The molecule has 5 heteroatoms. The highest BCUT2D eigenvalue weighted by Gasteiger charge is 2.22. The summed E-state index contributed by atoms with van der Waals surface area (Å²) in [7, 11) is 1.70. The molecule has 1 fully saturated rings. The first-order valence-corrected chi connectivity index (χ1v) is 4.90.